The van der Waals surface area contributed by atoms with Crippen LogP contribution in [0.2, 0.25) is 0 Å². The number of carbonyl (C=O) groups excluding carboxylic acids is 1. The molecule has 0 saturated heterocycles. The molecule has 0 aromatic heterocycles. The second kappa shape index (κ2) is 6.67. The molecule has 17 heavy (non-hydrogen) atoms. The Balaban J connectivity index is 2.42. The van der Waals surface area contributed by atoms with Gasteiger partial charge in [0.2, 0.25) is 0 Å². The first-order valence-corrected chi connectivity index (χ1v) is 5.06. The topological polar surface area (TPSA) is 47.6 Å². The van der Waals surface area contributed by atoms with Crippen LogP contribution in [0.25, 0.3) is 0 Å². The lowest BCUT2D eigenvalue weighted by Crippen LogP contribution is -2.16. The summed E-state index contributed by atoms with van der Waals surface area (Å²) in [5.41, 5.74) is 0.625. The van der Waals surface area contributed by atoms with E-state index in [4.69, 9.17) is 4.74 Å². The highest BCUT2D eigenvalue weighted by Crippen LogP contribution is 2.17. The van der Waals surface area contributed by atoms with Crippen LogP contribution in [0.4, 0.5) is 14.5 Å². The molecule has 4 nitrogen and oxygen atoms in total. The van der Waals surface area contributed by atoms with E-state index in [1.165, 1.54) is 24.3 Å². The van der Waals surface area contributed by atoms with Crippen LogP contribution in [-0.2, 0) is 9.53 Å². The molecule has 1 aromatic rings. The van der Waals surface area contributed by atoms with Crippen LogP contribution >= 0.6 is 0 Å². The fourth-order valence-electron chi connectivity index (χ4n) is 1.14. The quantitative estimate of drug-likeness (QED) is 0.781. The van der Waals surface area contributed by atoms with Crippen molar-refractivity contribution in [2.45, 2.75) is 13.5 Å². The second-order valence-corrected chi connectivity index (χ2v) is 3.06. The SMILES string of the molecule is CCOC(=O)CNc1ccc(OC(F)F)cc1. The predicted molar refractivity (Wildman–Crippen MR) is 58.2 cm³/mol. The van der Waals surface area contributed by atoms with Gasteiger partial charge in [-0.1, -0.05) is 0 Å². The van der Waals surface area contributed by atoms with Crippen LogP contribution in [0, 0.1) is 0 Å². The summed E-state index contributed by atoms with van der Waals surface area (Å²) in [5, 5.41) is 2.79. The molecule has 0 bridgehead atoms. The van der Waals surface area contributed by atoms with Gasteiger partial charge < -0.3 is 14.8 Å². The standard InChI is InChI=1S/C11H13F2NO3/c1-2-16-10(15)7-14-8-3-5-9(6-4-8)17-11(12)13/h3-6,11,14H,2,7H2,1H3. The molecule has 0 aliphatic heterocycles. The Morgan fingerprint density at radius 3 is 2.53 bits per heavy atom. The average molecular weight is 245 g/mol. The van der Waals surface area contributed by atoms with Gasteiger partial charge in [0, 0.05) is 5.69 Å². The van der Waals surface area contributed by atoms with Crippen molar-refractivity contribution >= 4 is 11.7 Å². The molecule has 1 aromatic carbocycles. The third-order valence-electron chi connectivity index (χ3n) is 1.82. The average Bonchev–Trinajstić information content (AvgIpc) is 2.28. The Labute approximate surface area is 97.5 Å². The van der Waals surface area contributed by atoms with E-state index in [-0.39, 0.29) is 18.3 Å². The molecule has 0 saturated carbocycles. The highest BCUT2D eigenvalue weighted by atomic mass is 19.3. The fourth-order valence-corrected chi connectivity index (χ4v) is 1.14. The van der Waals surface area contributed by atoms with Crippen LogP contribution in [-0.4, -0.2) is 25.7 Å². The van der Waals surface area contributed by atoms with Crippen molar-refractivity contribution in [3.8, 4) is 5.75 Å². The molecule has 1 N–H and O–H groups in total. The highest BCUT2D eigenvalue weighted by molar-refractivity contribution is 5.74. The number of benzene rings is 1. The molecular formula is C11H13F2NO3. The summed E-state index contributed by atoms with van der Waals surface area (Å²) >= 11 is 0. The van der Waals surface area contributed by atoms with E-state index in [2.05, 4.69) is 10.1 Å². The van der Waals surface area contributed by atoms with E-state index in [0.717, 1.165) is 0 Å². The van der Waals surface area contributed by atoms with E-state index in [1.807, 2.05) is 0 Å². The van der Waals surface area contributed by atoms with Gasteiger partial charge in [-0.25, -0.2) is 0 Å². The van der Waals surface area contributed by atoms with Crippen molar-refractivity contribution in [2.75, 3.05) is 18.5 Å². The van der Waals surface area contributed by atoms with Crippen molar-refractivity contribution in [2.24, 2.45) is 0 Å². The van der Waals surface area contributed by atoms with Crippen molar-refractivity contribution in [3.63, 3.8) is 0 Å². The summed E-state index contributed by atoms with van der Waals surface area (Å²) in [6.07, 6.45) is 0. The molecule has 0 aliphatic rings. The number of halogens is 2. The lowest BCUT2D eigenvalue weighted by atomic mass is 10.3. The maximum absolute atomic E-state index is 11.9. The van der Waals surface area contributed by atoms with Crippen LogP contribution in [0.3, 0.4) is 0 Å². The molecule has 0 radical (unpaired) electrons. The van der Waals surface area contributed by atoms with Gasteiger partial charge in [-0.15, -0.1) is 0 Å². The number of hydrogen-bond donors (Lipinski definition) is 1. The van der Waals surface area contributed by atoms with Gasteiger partial charge in [-0.2, -0.15) is 8.78 Å². The van der Waals surface area contributed by atoms with Crippen molar-refractivity contribution < 1.29 is 23.0 Å². The maximum atomic E-state index is 11.9. The fraction of sp³-hybridized carbons (Fsp3) is 0.364. The molecule has 94 valence electrons. The number of ether oxygens (including phenoxy) is 2. The van der Waals surface area contributed by atoms with Gasteiger partial charge in [0.1, 0.15) is 12.3 Å². The number of nitrogens with one attached hydrogen (secondary N) is 1. The maximum Gasteiger partial charge on any atom is 0.387 e. The monoisotopic (exact) mass is 245 g/mol. The second-order valence-electron chi connectivity index (χ2n) is 3.06. The Morgan fingerprint density at radius 2 is 2.00 bits per heavy atom. The molecule has 0 spiro atoms. The summed E-state index contributed by atoms with van der Waals surface area (Å²) in [4.78, 5) is 11.0. The zero-order chi connectivity index (χ0) is 12.7. The zero-order valence-corrected chi connectivity index (χ0v) is 9.28. The lowest BCUT2D eigenvalue weighted by molar-refractivity contribution is -0.140. The van der Waals surface area contributed by atoms with Crippen LogP contribution < -0.4 is 10.1 Å². The number of carbonyl (C=O) groups is 1. The van der Waals surface area contributed by atoms with E-state index < -0.39 is 6.61 Å². The summed E-state index contributed by atoms with van der Waals surface area (Å²) in [5.74, 6) is -0.304. The van der Waals surface area contributed by atoms with Gasteiger partial charge in [0.15, 0.2) is 0 Å². The lowest BCUT2D eigenvalue weighted by Gasteiger charge is -2.07. The number of alkyl halides is 2. The van der Waals surface area contributed by atoms with Gasteiger partial charge in [-0.3, -0.25) is 4.79 Å². The van der Waals surface area contributed by atoms with Crippen LogP contribution in [0.5, 0.6) is 5.75 Å². The number of hydrogen-bond acceptors (Lipinski definition) is 4. The Hall–Kier alpha value is -1.85. The first-order valence-electron chi connectivity index (χ1n) is 5.06. The number of esters is 1. The zero-order valence-electron chi connectivity index (χ0n) is 9.28. The summed E-state index contributed by atoms with van der Waals surface area (Å²) in [6, 6.07) is 5.85. The highest BCUT2D eigenvalue weighted by Gasteiger charge is 2.04. The normalized spacial score (nSPS) is 10.1. The smallest absolute Gasteiger partial charge is 0.387 e. The minimum absolute atomic E-state index is 0.0306. The minimum atomic E-state index is -2.84. The summed E-state index contributed by atoms with van der Waals surface area (Å²) in [7, 11) is 0. The molecule has 1 rings (SSSR count). The third-order valence-corrected chi connectivity index (χ3v) is 1.82. The number of anilines is 1. The molecule has 0 atom stereocenters. The molecule has 0 fully saturated rings. The third kappa shape index (κ3) is 5.14. The molecule has 6 heteroatoms. The van der Waals surface area contributed by atoms with Gasteiger partial charge in [-0.05, 0) is 31.2 Å². The summed E-state index contributed by atoms with van der Waals surface area (Å²) < 4.78 is 32.6. The minimum Gasteiger partial charge on any atom is -0.465 e. The molecular weight excluding hydrogens is 232 g/mol. The predicted octanol–water partition coefficient (Wildman–Crippen LogP) is 2.26. The van der Waals surface area contributed by atoms with Crippen LogP contribution in [0.15, 0.2) is 24.3 Å². The molecule has 0 unspecified atom stereocenters. The largest absolute Gasteiger partial charge is 0.465 e. The molecule has 0 amide bonds. The van der Waals surface area contributed by atoms with E-state index in [1.54, 1.807) is 6.92 Å². The Bertz CT molecular complexity index is 354. The Morgan fingerprint density at radius 1 is 1.35 bits per heavy atom. The number of rotatable bonds is 6. The Kier molecular flexibility index (Phi) is 5.19. The molecule has 0 aliphatic carbocycles. The first kappa shape index (κ1) is 13.2. The van der Waals surface area contributed by atoms with Crippen LogP contribution in [0.1, 0.15) is 6.92 Å². The first-order chi connectivity index (χ1) is 8.11. The van der Waals surface area contributed by atoms with Crippen molar-refractivity contribution in [1.82, 2.24) is 0 Å². The van der Waals surface area contributed by atoms with Crippen molar-refractivity contribution in [1.29, 1.82) is 0 Å². The van der Waals surface area contributed by atoms with E-state index >= 15 is 0 Å². The molecule has 0 heterocycles. The van der Waals surface area contributed by atoms with E-state index in [9.17, 15) is 13.6 Å². The van der Waals surface area contributed by atoms with E-state index in [0.29, 0.717) is 12.3 Å². The van der Waals surface area contributed by atoms with Gasteiger partial charge >= 0.3 is 12.6 Å². The summed E-state index contributed by atoms with van der Waals surface area (Å²) in [6.45, 7) is -0.771. The van der Waals surface area contributed by atoms with Gasteiger partial charge in [0.05, 0.1) is 6.61 Å². The van der Waals surface area contributed by atoms with Gasteiger partial charge in [0.25, 0.3) is 0 Å². The van der Waals surface area contributed by atoms with Crippen molar-refractivity contribution in [3.05, 3.63) is 24.3 Å².